The second kappa shape index (κ2) is 7.77. The van der Waals surface area contributed by atoms with E-state index < -0.39 is 0 Å². The Labute approximate surface area is 125 Å². The van der Waals surface area contributed by atoms with E-state index in [1.54, 1.807) is 24.3 Å². The molecule has 0 radical (unpaired) electrons. The molecule has 1 aromatic carbocycles. The summed E-state index contributed by atoms with van der Waals surface area (Å²) in [7, 11) is 0. The number of nitrogens with zero attached hydrogens (tertiary/aromatic N) is 2. The van der Waals surface area contributed by atoms with Crippen molar-refractivity contribution < 1.29 is 4.79 Å². The fraction of sp³-hybridized carbons (Fsp3) is 0.500. The summed E-state index contributed by atoms with van der Waals surface area (Å²) in [5.41, 5.74) is 6.93. The van der Waals surface area contributed by atoms with Crippen LogP contribution in [0, 0.1) is 17.2 Å². The van der Waals surface area contributed by atoms with Gasteiger partial charge in [0.15, 0.2) is 0 Å². The van der Waals surface area contributed by atoms with Gasteiger partial charge in [-0.2, -0.15) is 5.26 Å². The lowest BCUT2D eigenvalue weighted by Gasteiger charge is -2.32. The largest absolute Gasteiger partial charge is 0.330 e. The molecule has 3 N–H and O–H groups in total. The standard InChI is InChI=1S/C16H22N4O/c17-8-7-14-2-1-9-20(11-14)12-16(21)19-15-5-3-13(10-18)4-6-15/h3-6,14H,1-2,7-9,11-12,17H2,(H,19,21). The second-order valence-corrected chi connectivity index (χ2v) is 5.56. The topological polar surface area (TPSA) is 82.2 Å². The fourth-order valence-corrected chi connectivity index (χ4v) is 2.80. The van der Waals surface area contributed by atoms with E-state index in [1.165, 1.54) is 6.42 Å². The first-order chi connectivity index (χ1) is 10.2. The molecule has 2 rings (SSSR count). The minimum absolute atomic E-state index is 0.00638. The van der Waals surface area contributed by atoms with Crippen molar-refractivity contribution in [2.24, 2.45) is 11.7 Å². The van der Waals surface area contributed by atoms with Crippen LogP contribution < -0.4 is 11.1 Å². The molecule has 1 aromatic rings. The van der Waals surface area contributed by atoms with Gasteiger partial charge in [-0.1, -0.05) is 0 Å². The number of nitriles is 1. The lowest BCUT2D eigenvalue weighted by molar-refractivity contribution is -0.117. The maximum atomic E-state index is 12.1. The van der Waals surface area contributed by atoms with Crippen molar-refractivity contribution in [1.82, 2.24) is 4.90 Å². The van der Waals surface area contributed by atoms with E-state index in [0.717, 1.165) is 38.2 Å². The molecule has 1 aliphatic heterocycles. The number of anilines is 1. The fourth-order valence-electron chi connectivity index (χ4n) is 2.80. The van der Waals surface area contributed by atoms with Gasteiger partial charge in [0.05, 0.1) is 18.2 Å². The minimum atomic E-state index is -0.00638. The molecular weight excluding hydrogens is 264 g/mol. The molecule has 1 fully saturated rings. The Morgan fingerprint density at radius 2 is 2.19 bits per heavy atom. The Bertz CT molecular complexity index is 504. The SMILES string of the molecule is N#Cc1ccc(NC(=O)CN2CCCC(CCN)C2)cc1. The molecule has 0 aliphatic carbocycles. The average Bonchev–Trinajstić information content (AvgIpc) is 2.48. The van der Waals surface area contributed by atoms with Crippen molar-refractivity contribution in [3.05, 3.63) is 29.8 Å². The number of rotatable bonds is 5. The number of amides is 1. The highest BCUT2D eigenvalue weighted by Gasteiger charge is 2.20. The number of hydrogen-bond acceptors (Lipinski definition) is 4. The molecule has 5 nitrogen and oxygen atoms in total. The van der Waals surface area contributed by atoms with Gasteiger partial charge >= 0.3 is 0 Å². The summed E-state index contributed by atoms with van der Waals surface area (Å²) in [5, 5.41) is 11.6. The van der Waals surface area contributed by atoms with Gasteiger partial charge in [0.25, 0.3) is 0 Å². The summed E-state index contributed by atoms with van der Waals surface area (Å²) in [6.45, 7) is 3.07. The molecule has 0 spiro atoms. The highest BCUT2D eigenvalue weighted by atomic mass is 16.2. The van der Waals surface area contributed by atoms with Crippen LogP contribution in [0.1, 0.15) is 24.8 Å². The highest BCUT2D eigenvalue weighted by Crippen LogP contribution is 2.18. The Kier molecular flexibility index (Phi) is 5.73. The molecule has 1 saturated heterocycles. The molecule has 0 bridgehead atoms. The van der Waals surface area contributed by atoms with Gasteiger partial charge < -0.3 is 11.1 Å². The van der Waals surface area contributed by atoms with Gasteiger partial charge in [0.2, 0.25) is 5.91 Å². The first kappa shape index (κ1) is 15.5. The third-order valence-electron chi connectivity index (χ3n) is 3.84. The van der Waals surface area contributed by atoms with Crippen LogP contribution in [0.3, 0.4) is 0 Å². The summed E-state index contributed by atoms with van der Waals surface area (Å²) in [6, 6.07) is 8.97. The van der Waals surface area contributed by atoms with Crippen LogP contribution in [0.4, 0.5) is 5.69 Å². The Morgan fingerprint density at radius 3 is 2.86 bits per heavy atom. The lowest BCUT2D eigenvalue weighted by atomic mass is 9.95. The number of piperidine rings is 1. The van der Waals surface area contributed by atoms with Crippen LogP contribution in [0.15, 0.2) is 24.3 Å². The van der Waals surface area contributed by atoms with Crippen molar-refractivity contribution in [1.29, 1.82) is 5.26 Å². The summed E-state index contributed by atoms with van der Waals surface area (Å²) in [6.07, 6.45) is 3.38. The molecule has 0 saturated carbocycles. The van der Waals surface area contributed by atoms with E-state index in [4.69, 9.17) is 11.0 Å². The molecular formula is C16H22N4O. The summed E-state index contributed by atoms with van der Waals surface area (Å²) in [5.74, 6) is 0.611. The molecule has 1 atom stereocenters. The van der Waals surface area contributed by atoms with Crippen molar-refractivity contribution in [2.45, 2.75) is 19.3 Å². The van der Waals surface area contributed by atoms with E-state index in [2.05, 4.69) is 16.3 Å². The van der Waals surface area contributed by atoms with Crippen molar-refractivity contribution in [3.63, 3.8) is 0 Å². The Morgan fingerprint density at radius 1 is 1.43 bits per heavy atom. The first-order valence-corrected chi connectivity index (χ1v) is 7.43. The quantitative estimate of drug-likeness (QED) is 0.860. The molecule has 5 heteroatoms. The van der Waals surface area contributed by atoms with Crippen LogP contribution in [-0.4, -0.2) is 37.0 Å². The number of nitrogens with two attached hydrogens (primary N) is 1. The van der Waals surface area contributed by atoms with Crippen LogP contribution in [0.5, 0.6) is 0 Å². The lowest BCUT2D eigenvalue weighted by Crippen LogP contribution is -2.40. The van der Waals surface area contributed by atoms with Gasteiger partial charge in [-0.15, -0.1) is 0 Å². The normalized spacial score (nSPS) is 19.0. The number of hydrogen-bond donors (Lipinski definition) is 2. The smallest absolute Gasteiger partial charge is 0.238 e. The Hall–Kier alpha value is -1.90. The third kappa shape index (κ3) is 4.85. The second-order valence-electron chi connectivity index (χ2n) is 5.56. The third-order valence-corrected chi connectivity index (χ3v) is 3.84. The van der Waals surface area contributed by atoms with Crippen molar-refractivity contribution >= 4 is 11.6 Å². The van der Waals surface area contributed by atoms with Crippen LogP contribution in [0.25, 0.3) is 0 Å². The zero-order valence-corrected chi connectivity index (χ0v) is 12.2. The van der Waals surface area contributed by atoms with E-state index >= 15 is 0 Å². The van der Waals surface area contributed by atoms with E-state index in [0.29, 0.717) is 18.0 Å². The van der Waals surface area contributed by atoms with E-state index in [1.807, 2.05) is 0 Å². The van der Waals surface area contributed by atoms with Gasteiger partial charge in [0, 0.05) is 12.2 Å². The van der Waals surface area contributed by atoms with Crippen molar-refractivity contribution in [3.8, 4) is 6.07 Å². The summed E-state index contributed by atoms with van der Waals surface area (Å²) >= 11 is 0. The zero-order chi connectivity index (χ0) is 15.1. The Balaban J connectivity index is 1.82. The number of nitrogens with one attached hydrogen (secondary N) is 1. The molecule has 112 valence electrons. The summed E-state index contributed by atoms with van der Waals surface area (Å²) in [4.78, 5) is 14.3. The summed E-state index contributed by atoms with van der Waals surface area (Å²) < 4.78 is 0. The first-order valence-electron chi connectivity index (χ1n) is 7.43. The monoisotopic (exact) mass is 286 g/mol. The number of carbonyl (C=O) groups is 1. The molecule has 1 heterocycles. The zero-order valence-electron chi connectivity index (χ0n) is 12.2. The maximum absolute atomic E-state index is 12.1. The molecule has 0 aromatic heterocycles. The predicted octanol–water partition coefficient (Wildman–Crippen LogP) is 1.56. The van der Waals surface area contributed by atoms with E-state index in [9.17, 15) is 4.79 Å². The maximum Gasteiger partial charge on any atom is 0.238 e. The van der Waals surface area contributed by atoms with Gasteiger partial charge in [-0.3, -0.25) is 9.69 Å². The van der Waals surface area contributed by atoms with Gasteiger partial charge in [-0.05, 0) is 62.5 Å². The molecule has 1 unspecified atom stereocenters. The highest BCUT2D eigenvalue weighted by molar-refractivity contribution is 5.92. The molecule has 1 aliphatic rings. The van der Waals surface area contributed by atoms with Crippen LogP contribution >= 0.6 is 0 Å². The van der Waals surface area contributed by atoms with Crippen LogP contribution in [-0.2, 0) is 4.79 Å². The number of benzene rings is 1. The minimum Gasteiger partial charge on any atom is -0.330 e. The predicted molar refractivity (Wildman–Crippen MR) is 82.6 cm³/mol. The van der Waals surface area contributed by atoms with Gasteiger partial charge in [-0.25, -0.2) is 0 Å². The number of carbonyl (C=O) groups excluding carboxylic acids is 1. The number of likely N-dealkylation sites (tertiary alicyclic amines) is 1. The van der Waals surface area contributed by atoms with E-state index in [-0.39, 0.29) is 5.91 Å². The molecule has 1 amide bonds. The molecule has 21 heavy (non-hydrogen) atoms. The average molecular weight is 286 g/mol. The van der Waals surface area contributed by atoms with Gasteiger partial charge in [0.1, 0.15) is 0 Å². The van der Waals surface area contributed by atoms with Crippen LogP contribution in [0.2, 0.25) is 0 Å². The van der Waals surface area contributed by atoms with Crippen molar-refractivity contribution in [2.75, 3.05) is 31.5 Å².